The van der Waals surface area contributed by atoms with Crippen molar-refractivity contribution in [3.05, 3.63) is 0 Å². The van der Waals surface area contributed by atoms with Crippen molar-refractivity contribution in [2.24, 2.45) is 0 Å². The summed E-state index contributed by atoms with van der Waals surface area (Å²) in [4.78, 5) is 33.7. The lowest BCUT2D eigenvalue weighted by Crippen LogP contribution is -2.41. The van der Waals surface area contributed by atoms with Crippen LogP contribution in [0.1, 0.15) is 116 Å². The summed E-state index contributed by atoms with van der Waals surface area (Å²) in [5.74, 6) is -1.88. The van der Waals surface area contributed by atoms with E-state index in [2.05, 4.69) is 10.6 Å². The SMILES string of the molecule is O=C(O)CCCCCCCCCCCCCCCCC(=O)NC(CCCNCCO)C(=O)O. The first-order valence-corrected chi connectivity index (χ1v) is 13.0. The second kappa shape index (κ2) is 23.5. The molecule has 8 heteroatoms. The van der Waals surface area contributed by atoms with E-state index in [0.717, 1.165) is 38.5 Å². The zero-order chi connectivity index (χ0) is 24.6. The topological polar surface area (TPSA) is 136 Å². The second-order valence-electron chi connectivity index (χ2n) is 8.92. The van der Waals surface area contributed by atoms with Crippen LogP contribution in [0.4, 0.5) is 0 Å². The molecular formula is C25H48N2O6. The third kappa shape index (κ3) is 23.3. The summed E-state index contributed by atoms with van der Waals surface area (Å²) in [6, 6.07) is -0.842. The molecule has 5 N–H and O–H groups in total. The van der Waals surface area contributed by atoms with E-state index >= 15 is 0 Å². The number of aliphatic hydroxyl groups excluding tert-OH is 1. The van der Waals surface area contributed by atoms with Crippen molar-refractivity contribution < 1.29 is 29.7 Å². The molecule has 0 saturated carbocycles. The Hall–Kier alpha value is -1.67. The molecule has 0 aliphatic carbocycles. The van der Waals surface area contributed by atoms with E-state index < -0.39 is 18.0 Å². The fourth-order valence-corrected chi connectivity index (χ4v) is 3.84. The molecular weight excluding hydrogens is 424 g/mol. The number of hydrogen-bond donors (Lipinski definition) is 5. The van der Waals surface area contributed by atoms with Crippen LogP contribution in [-0.4, -0.2) is 58.9 Å². The number of aliphatic hydroxyl groups is 1. The highest BCUT2D eigenvalue weighted by Gasteiger charge is 2.18. The Kier molecular flexibility index (Phi) is 22.3. The number of carbonyl (C=O) groups is 3. The van der Waals surface area contributed by atoms with Crippen molar-refractivity contribution in [1.29, 1.82) is 0 Å². The van der Waals surface area contributed by atoms with Crippen LogP contribution >= 0.6 is 0 Å². The van der Waals surface area contributed by atoms with E-state index in [1.54, 1.807) is 0 Å². The number of rotatable bonds is 25. The van der Waals surface area contributed by atoms with Gasteiger partial charge in [0.05, 0.1) is 6.61 Å². The first-order chi connectivity index (χ1) is 16.0. The average Bonchev–Trinajstić information content (AvgIpc) is 2.77. The molecule has 1 unspecified atom stereocenters. The zero-order valence-corrected chi connectivity index (χ0v) is 20.5. The number of unbranched alkanes of at least 4 members (excludes halogenated alkanes) is 13. The molecule has 33 heavy (non-hydrogen) atoms. The number of carboxylic acids is 2. The molecule has 0 bridgehead atoms. The Morgan fingerprint density at radius 3 is 1.48 bits per heavy atom. The minimum Gasteiger partial charge on any atom is -0.481 e. The minimum atomic E-state index is -0.999. The van der Waals surface area contributed by atoms with Crippen LogP contribution in [0.3, 0.4) is 0 Å². The van der Waals surface area contributed by atoms with Crippen molar-refractivity contribution in [3.8, 4) is 0 Å². The van der Waals surface area contributed by atoms with Crippen molar-refractivity contribution in [1.82, 2.24) is 10.6 Å². The van der Waals surface area contributed by atoms with Crippen molar-refractivity contribution in [2.75, 3.05) is 19.7 Å². The Bertz CT molecular complexity index is 501. The van der Waals surface area contributed by atoms with Crippen molar-refractivity contribution in [2.45, 2.75) is 122 Å². The van der Waals surface area contributed by atoms with Gasteiger partial charge in [-0.05, 0) is 32.2 Å². The Morgan fingerprint density at radius 2 is 1.06 bits per heavy atom. The summed E-state index contributed by atoms with van der Waals surface area (Å²) < 4.78 is 0. The average molecular weight is 473 g/mol. The van der Waals surface area contributed by atoms with Gasteiger partial charge in [-0.2, -0.15) is 0 Å². The number of hydrogen-bond acceptors (Lipinski definition) is 5. The Labute approximate surface area is 199 Å². The molecule has 0 aliphatic rings. The van der Waals surface area contributed by atoms with Crippen LogP contribution in [0.2, 0.25) is 0 Å². The molecule has 1 amide bonds. The largest absolute Gasteiger partial charge is 0.481 e. The molecule has 0 saturated heterocycles. The maximum absolute atomic E-state index is 12.0. The molecule has 0 aromatic heterocycles. The van der Waals surface area contributed by atoms with Crippen molar-refractivity contribution in [3.63, 3.8) is 0 Å². The van der Waals surface area contributed by atoms with Gasteiger partial charge < -0.3 is 26.0 Å². The third-order valence-electron chi connectivity index (χ3n) is 5.81. The van der Waals surface area contributed by atoms with Crippen LogP contribution in [0.5, 0.6) is 0 Å². The lowest BCUT2D eigenvalue weighted by molar-refractivity contribution is -0.142. The molecule has 0 aromatic rings. The fourth-order valence-electron chi connectivity index (χ4n) is 3.84. The van der Waals surface area contributed by atoms with Gasteiger partial charge in [-0.3, -0.25) is 9.59 Å². The summed E-state index contributed by atoms with van der Waals surface area (Å²) in [7, 11) is 0. The Balaban J connectivity index is 3.46. The van der Waals surface area contributed by atoms with Crippen LogP contribution < -0.4 is 10.6 Å². The normalized spacial score (nSPS) is 11.9. The van der Waals surface area contributed by atoms with Gasteiger partial charge in [0.1, 0.15) is 6.04 Å². The third-order valence-corrected chi connectivity index (χ3v) is 5.81. The van der Waals surface area contributed by atoms with Gasteiger partial charge in [0.2, 0.25) is 5.91 Å². The molecule has 0 heterocycles. The van der Waals surface area contributed by atoms with E-state index in [1.807, 2.05) is 0 Å². The fraction of sp³-hybridized carbons (Fsp3) is 0.880. The summed E-state index contributed by atoms with van der Waals surface area (Å²) in [5, 5.41) is 32.2. The number of carbonyl (C=O) groups excluding carboxylic acids is 1. The van der Waals surface area contributed by atoms with Gasteiger partial charge in [-0.25, -0.2) is 4.79 Å². The molecule has 0 rings (SSSR count). The van der Waals surface area contributed by atoms with E-state index in [1.165, 1.54) is 51.4 Å². The first kappa shape index (κ1) is 31.3. The van der Waals surface area contributed by atoms with Crippen LogP contribution in [0.25, 0.3) is 0 Å². The molecule has 0 spiro atoms. The molecule has 0 radical (unpaired) electrons. The number of amides is 1. The minimum absolute atomic E-state index is 0.0546. The van der Waals surface area contributed by atoms with E-state index in [9.17, 15) is 19.5 Å². The summed E-state index contributed by atoms with van der Waals surface area (Å²) >= 11 is 0. The van der Waals surface area contributed by atoms with Crippen LogP contribution in [0, 0.1) is 0 Å². The van der Waals surface area contributed by atoms with E-state index in [0.29, 0.717) is 38.8 Å². The highest BCUT2D eigenvalue weighted by Crippen LogP contribution is 2.14. The van der Waals surface area contributed by atoms with Crippen molar-refractivity contribution >= 4 is 17.8 Å². The van der Waals surface area contributed by atoms with Gasteiger partial charge in [0.15, 0.2) is 0 Å². The molecule has 0 aromatic carbocycles. The summed E-state index contributed by atoms with van der Waals surface area (Å²) in [6.45, 7) is 1.17. The molecule has 194 valence electrons. The molecule has 8 nitrogen and oxygen atoms in total. The maximum Gasteiger partial charge on any atom is 0.326 e. The smallest absolute Gasteiger partial charge is 0.326 e. The van der Waals surface area contributed by atoms with Crippen LogP contribution in [0.15, 0.2) is 0 Å². The lowest BCUT2D eigenvalue weighted by Gasteiger charge is -2.14. The predicted molar refractivity (Wildman–Crippen MR) is 130 cm³/mol. The van der Waals surface area contributed by atoms with Gasteiger partial charge in [-0.1, -0.05) is 77.0 Å². The quantitative estimate of drug-likeness (QED) is 0.125. The monoisotopic (exact) mass is 472 g/mol. The van der Waals surface area contributed by atoms with Gasteiger partial charge in [0.25, 0.3) is 0 Å². The second-order valence-corrected chi connectivity index (χ2v) is 8.92. The highest BCUT2D eigenvalue weighted by atomic mass is 16.4. The standard InChI is InChI=1S/C25H48N2O6/c28-21-20-26-19-15-16-22(25(32)33)27-23(29)17-13-11-9-7-5-3-1-2-4-6-8-10-12-14-18-24(30)31/h22,26,28H,1-21H2,(H,27,29)(H,30,31)(H,32,33). The molecule has 1 atom stereocenters. The van der Waals surface area contributed by atoms with Gasteiger partial charge in [-0.15, -0.1) is 0 Å². The van der Waals surface area contributed by atoms with Gasteiger partial charge >= 0.3 is 11.9 Å². The van der Waals surface area contributed by atoms with Crippen LogP contribution in [-0.2, 0) is 14.4 Å². The molecule has 0 aliphatic heterocycles. The first-order valence-electron chi connectivity index (χ1n) is 13.0. The highest BCUT2D eigenvalue weighted by molar-refractivity contribution is 5.83. The Morgan fingerprint density at radius 1 is 0.606 bits per heavy atom. The van der Waals surface area contributed by atoms with E-state index in [4.69, 9.17) is 10.2 Å². The maximum atomic E-state index is 12.0. The number of aliphatic carboxylic acids is 2. The number of carboxylic acid groups (broad SMARTS) is 2. The number of nitrogens with one attached hydrogen (secondary N) is 2. The van der Waals surface area contributed by atoms with Gasteiger partial charge in [0, 0.05) is 19.4 Å². The lowest BCUT2D eigenvalue weighted by atomic mass is 10.0. The summed E-state index contributed by atoms with van der Waals surface area (Å²) in [6.07, 6.45) is 17.5. The van der Waals surface area contributed by atoms with E-state index in [-0.39, 0.29) is 12.5 Å². The zero-order valence-electron chi connectivity index (χ0n) is 20.5. The molecule has 0 fully saturated rings. The predicted octanol–water partition coefficient (Wildman–Crippen LogP) is 4.24. The summed E-state index contributed by atoms with van der Waals surface area (Å²) in [5.41, 5.74) is 0.